The van der Waals surface area contributed by atoms with Crippen LogP contribution < -0.4 is 5.32 Å². The third kappa shape index (κ3) is 3.81. The van der Waals surface area contributed by atoms with E-state index in [1.165, 1.54) is 50.2 Å². The summed E-state index contributed by atoms with van der Waals surface area (Å²) in [5, 5.41) is 5.68. The van der Waals surface area contributed by atoms with Gasteiger partial charge in [-0.2, -0.15) is 0 Å². The van der Waals surface area contributed by atoms with Crippen LogP contribution in [0.2, 0.25) is 0 Å². The summed E-state index contributed by atoms with van der Waals surface area (Å²) in [6.07, 6.45) is 5.38. The van der Waals surface area contributed by atoms with Crippen molar-refractivity contribution in [3.8, 4) is 0 Å². The normalized spacial score (nSPS) is 19.3. The van der Waals surface area contributed by atoms with E-state index in [9.17, 15) is 0 Å². The number of hydrogen-bond donors (Lipinski definition) is 1. The quantitative estimate of drug-likeness (QED) is 0.849. The molecular formula is C15H26N2S. The molecule has 2 heterocycles. The maximum Gasteiger partial charge on any atom is 0.0325 e. The fraction of sp³-hybridized carbons (Fsp3) is 0.733. The Morgan fingerprint density at radius 1 is 1.39 bits per heavy atom. The van der Waals surface area contributed by atoms with Crippen LogP contribution in [0.4, 0.5) is 0 Å². The lowest BCUT2D eigenvalue weighted by molar-refractivity contribution is 0.113. The largest absolute Gasteiger partial charge is 0.317 e. The van der Waals surface area contributed by atoms with Crippen LogP contribution in [0, 0.1) is 5.41 Å². The molecular weight excluding hydrogens is 240 g/mol. The zero-order valence-corrected chi connectivity index (χ0v) is 12.6. The van der Waals surface area contributed by atoms with Gasteiger partial charge in [0, 0.05) is 18.0 Å². The smallest absolute Gasteiger partial charge is 0.0325 e. The van der Waals surface area contributed by atoms with E-state index in [0.717, 1.165) is 6.54 Å². The highest BCUT2D eigenvalue weighted by atomic mass is 32.1. The van der Waals surface area contributed by atoms with Crippen molar-refractivity contribution in [1.82, 2.24) is 10.2 Å². The second kappa shape index (κ2) is 6.69. The van der Waals surface area contributed by atoms with Crippen molar-refractivity contribution in [2.75, 3.05) is 26.7 Å². The molecule has 1 aliphatic heterocycles. The summed E-state index contributed by atoms with van der Waals surface area (Å²) in [7, 11) is 2.28. The van der Waals surface area contributed by atoms with Gasteiger partial charge >= 0.3 is 0 Å². The predicted octanol–water partition coefficient (Wildman–Crippen LogP) is 3.35. The summed E-state index contributed by atoms with van der Waals surface area (Å²) in [5.41, 5.74) is 0.562. The molecule has 0 bridgehead atoms. The van der Waals surface area contributed by atoms with Gasteiger partial charge in [0.25, 0.3) is 0 Å². The van der Waals surface area contributed by atoms with E-state index < -0.39 is 0 Å². The van der Waals surface area contributed by atoms with Crippen LogP contribution in [0.15, 0.2) is 17.5 Å². The first-order valence-corrected chi connectivity index (χ1v) is 8.04. The topological polar surface area (TPSA) is 15.3 Å². The van der Waals surface area contributed by atoms with E-state index in [0.29, 0.717) is 5.41 Å². The highest BCUT2D eigenvalue weighted by molar-refractivity contribution is 7.09. The number of piperidine rings is 1. The van der Waals surface area contributed by atoms with Crippen molar-refractivity contribution in [2.24, 2.45) is 5.41 Å². The van der Waals surface area contributed by atoms with Gasteiger partial charge in [0.15, 0.2) is 0 Å². The molecule has 102 valence electrons. The van der Waals surface area contributed by atoms with Gasteiger partial charge in [-0.25, -0.2) is 0 Å². The van der Waals surface area contributed by atoms with Crippen molar-refractivity contribution in [1.29, 1.82) is 0 Å². The molecule has 1 fully saturated rings. The molecule has 0 aliphatic carbocycles. The lowest BCUT2D eigenvalue weighted by atomic mass is 9.75. The van der Waals surface area contributed by atoms with Crippen molar-refractivity contribution >= 4 is 11.3 Å². The molecule has 0 spiro atoms. The highest BCUT2D eigenvalue weighted by Crippen LogP contribution is 2.35. The highest BCUT2D eigenvalue weighted by Gasteiger charge is 2.32. The minimum Gasteiger partial charge on any atom is -0.317 e. The van der Waals surface area contributed by atoms with Gasteiger partial charge in [-0.15, -0.1) is 11.3 Å². The van der Waals surface area contributed by atoms with Gasteiger partial charge in [0.05, 0.1) is 0 Å². The van der Waals surface area contributed by atoms with E-state index in [2.05, 4.69) is 41.7 Å². The number of thiophene rings is 1. The van der Waals surface area contributed by atoms with Crippen molar-refractivity contribution in [3.05, 3.63) is 22.4 Å². The van der Waals surface area contributed by atoms with E-state index >= 15 is 0 Å². The van der Waals surface area contributed by atoms with E-state index in [4.69, 9.17) is 0 Å². The second-order valence-corrected chi connectivity index (χ2v) is 6.78. The first-order chi connectivity index (χ1) is 8.74. The number of nitrogens with zero attached hydrogens (tertiary/aromatic N) is 1. The molecule has 2 rings (SSSR count). The predicted molar refractivity (Wildman–Crippen MR) is 80.1 cm³/mol. The summed E-state index contributed by atoms with van der Waals surface area (Å²) >= 11 is 1.87. The van der Waals surface area contributed by atoms with Gasteiger partial charge in [0.1, 0.15) is 0 Å². The Labute approximate surface area is 115 Å². The average molecular weight is 266 g/mol. The fourth-order valence-corrected chi connectivity index (χ4v) is 4.06. The Morgan fingerprint density at radius 2 is 2.17 bits per heavy atom. The van der Waals surface area contributed by atoms with E-state index in [1.54, 1.807) is 0 Å². The molecule has 1 saturated heterocycles. The van der Waals surface area contributed by atoms with E-state index in [1.807, 2.05) is 11.3 Å². The van der Waals surface area contributed by atoms with Crippen molar-refractivity contribution in [3.63, 3.8) is 0 Å². The van der Waals surface area contributed by atoms with Crippen LogP contribution in [0.25, 0.3) is 0 Å². The molecule has 0 saturated carbocycles. The standard InChI is InChI=1S/C15H26N2S/c1-3-6-15(7-9-16-10-8-15)13-17(2)12-14-5-4-11-18-14/h4-5,11,16H,3,6-10,12-13H2,1-2H3. The summed E-state index contributed by atoms with van der Waals surface area (Å²) in [4.78, 5) is 4.00. The van der Waals surface area contributed by atoms with E-state index in [-0.39, 0.29) is 0 Å². The zero-order valence-electron chi connectivity index (χ0n) is 11.7. The lowest BCUT2D eigenvalue weighted by Gasteiger charge is -2.40. The molecule has 0 atom stereocenters. The van der Waals surface area contributed by atoms with Gasteiger partial charge in [0.2, 0.25) is 0 Å². The minimum absolute atomic E-state index is 0.562. The number of hydrogen-bond acceptors (Lipinski definition) is 3. The number of nitrogens with one attached hydrogen (secondary N) is 1. The third-order valence-electron chi connectivity index (χ3n) is 4.06. The zero-order chi connectivity index (χ0) is 12.8. The Hall–Kier alpha value is -0.380. The van der Waals surface area contributed by atoms with Crippen LogP contribution in [-0.2, 0) is 6.54 Å². The molecule has 0 amide bonds. The molecule has 18 heavy (non-hydrogen) atoms. The third-order valence-corrected chi connectivity index (χ3v) is 4.92. The van der Waals surface area contributed by atoms with Crippen molar-refractivity contribution < 1.29 is 0 Å². The average Bonchev–Trinajstić information content (AvgIpc) is 2.83. The maximum atomic E-state index is 3.50. The van der Waals surface area contributed by atoms with Crippen LogP contribution in [-0.4, -0.2) is 31.6 Å². The Kier molecular flexibility index (Phi) is 5.22. The summed E-state index contributed by atoms with van der Waals surface area (Å²) < 4.78 is 0. The summed E-state index contributed by atoms with van der Waals surface area (Å²) in [6, 6.07) is 4.40. The first-order valence-electron chi connectivity index (χ1n) is 7.16. The summed E-state index contributed by atoms with van der Waals surface area (Å²) in [5.74, 6) is 0. The number of rotatable bonds is 6. The first kappa shape index (κ1) is 14.0. The Morgan fingerprint density at radius 3 is 2.78 bits per heavy atom. The van der Waals surface area contributed by atoms with Gasteiger partial charge in [-0.3, -0.25) is 0 Å². The molecule has 3 heteroatoms. The molecule has 1 aromatic rings. The van der Waals surface area contributed by atoms with Crippen LogP contribution in [0.3, 0.4) is 0 Å². The molecule has 2 nitrogen and oxygen atoms in total. The molecule has 0 unspecified atom stereocenters. The van der Waals surface area contributed by atoms with Crippen LogP contribution >= 0.6 is 11.3 Å². The SMILES string of the molecule is CCCC1(CN(C)Cc2cccs2)CCNCC1. The maximum absolute atomic E-state index is 3.50. The Balaban J connectivity index is 1.91. The molecule has 1 aliphatic rings. The monoisotopic (exact) mass is 266 g/mol. The molecule has 1 aromatic heterocycles. The molecule has 0 radical (unpaired) electrons. The van der Waals surface area contributed by atoms with Crippen LogP contribution in [0.1, 0.15) is 37.5 Å². The van der Waals surface area contributed by atoms with Gasteiger partial charge in [-0.1, -0.05) is 19.4 Å². The summed E-state index contributed by atoms with van der Waals surface area (Å²) in [6.45, 7) is 7.08. The Bertz CT molecular complexity index is 323. The van der Waals surface area contributed by atoms with Crippen LogP contribution in [0.5, 0.6) is 0 Å². The molecule has 1 N–H and O–H groups in total. The second-order valence-electron chi connectivity index (χ2n) is 5.75. The lowest BCUT2D eigenvalue weighted by Crippen LogP contribution is -2.43. The van der Waals surface area contributed by atoms with Gasteiger partial charge in [-0.05, 0) is 56.3 Å². The van der Waals surface area contributed by atoms with Crippen molar-refractivity contribution in [2.45, 2.75) is 39.2 Å². The molecule has 0 aromatic carbocycles. The van der Waals surface area contributed by atoms with Gasteiger partial charge < -0.3 is 10.2 Å². The minimum atomic E-state index is 0.562. The fourth-order valence-electron chi connectivity index (χ4n) is 3.27.